The Bertz CT molecular complexity index is 1310. The van der Waals surface area contributed by atoms with Gasteiger partial charge in [-0.05, 0) is 24.6 Å². The summed E-state index contributed by atoms with van der Waals surface area (Å²) in [7, 11) is -4.09. The van der Waals surface area contributed by atoms with E-state index in [0.717, 1.165) is 0 Å². The first-order chi connectivity index (χ1) is 16.6. The van der Waals surface area contributed by atoms with Crippen molar-refractivity contribution in [3.8, 4) is 0 Å². The van der Waals surface area contributed by atoms with Gasteiger partial charge in [-0.1, -0.05) is 17.7 Å². The number of nitrogens with zero attached hydrogens (tertiary/aromatic N) is 4. The molecule has 6 atom stereocenters. The fourth-order valence-corrected chi connectivity index (χ4v) is 5.61. The summed E-state index contributed by atoms with van der Waals surface area (Å²) >= 11 is 5.73. The van der Waals surface area contributed by atoms with Crippen LogP contribution in [0.1, 0.15) is 31.2 Å². The molecule has 0 unspecified atom stereocenters. The smallest absolute Gasteiger partial charge is 0.387 e. The molecular formula is C20H22ClFN5O7P. The van der Waals surface area contributed by atoms with Crippen LogP contribution < -0.4 is 5.73 Å². The van der Waals surface area contributed by atoms with Crippen LogP contribution in [0.15, 0.2) is 30.9 Å². The van der Waals surface area contributed by atoms with Gasteiger partial charge in [0.05, 0.1) is 30.7 Å². The Balaban J connectivity index is 1.30. The summed E-state index contributed by atoms with van der Waals surface area (Å²) in [6, 6.07) is 4.13. The Labute approximate surface area is 203 Å². The highest BCUT2D eigenvalue weighted by atomic mass is 35.5. The molecule has 2 aliphatic rings. The molecule has 5 rings (SSSR count). The lowest BCUT2D eigenvalue weighted by Crippen LogP contribution is -2.44. The second kappa shape index (κ2) is 9.02. The second-order valence-electron chi connectivity index (χ2n) is 8.41. The molecule has 0 saturated carbocycles. The zero-order valence-electron chi connectivity index (χ0n) is 18.3. The number of phosphoric acid groups is 1. The molecule has 2 aromatic heterocycles. The molecule has 4 heterocycles. The van der Waals surface area contributed by atoms with E-state index in [1.54, 1.807) is 6.07 Å². The first-order valence-corrected chi connectivity index (χ1v) is 12.4. The molecule has 15 heteroatoms. The van der Waals surface area contributed by atoms with E-state index in [-0.39, 0.29) is 17.4 Å². The van der Waals surface area contributed by atoms with Crippen molar-refractivity contribution < 1.29 is 37.5 Å². The van der Waals surface area contributed by atoms with Gasteiger partial charge in [-0.3, -0.25) is 18.1 Å². The molecule has 4 N–H and O–H groups in total. The van der Waals surface area contributed by atoms with Crippen LogP contribution in [0.2, 0.25) is 5.02 Å². The molecule has 2 saturated heterocycles. The Morgan fingerprint density at radius 1 is 1.40 bits per heavy atom. The quantitative estimate of drug-likeness (QED) is 0.416. The van der Waals surface area contributed by atoms with Crippen molar-refractivity contribution in [2.75, 3.05) is 18.9 Å². The number of hydrogen-bond acceptors (Lipinski definition) is 11. The van der Waals surface area contributed by atoms with E-state index in [9.17, 15) is 19.2 Å². The van der Waals surface area contributed by atoms with E-state index >= 15 is 0 Å². The Hall–Kier alpha value is -2.22. The van der Waals surface area contributed by atoms with Crippen molar-refractivity contribution >= 4 is 36.4 Å². The highest BCUT2D eigenvalue weighted by Gasteiger charge is 2.54. The second-order valence-corrected chi connectivity index (χ2v) is 10.4. The molecule has 2 fully saturated rings. The summed E-state index contributed by atoms with van der Waals surface area (Å²) in [6.45, 7) is 0.971. The molecule has 0 spiro atoms. The lowest BCUT2D eigenvalue weighted by atomic mass is 9.96. The third kappa shape index (κ3) is 4.43. The molecule has 12 nitrogen and oxygen atoms in total. The summed E-state index contributed by atoms with van der Waals surface area (Å²) in [6.07, 6.45) is -1.52. The summed E-state index contributed by atoms with van der Waals surface area (Å²) in [5, 5.41) is 21.7. The van der Waals surface area contributed by atoms with Crippen LogP contribution in [0.5, 0.6) is 0 Å². The summed E-state index contributed by atoms with van der Waals surface area (Å²) in [5.41, 5.74) is 5.04. The average Bonchev–Trinajstić information content (AvgIpc) is 3.34. The standard InChI is InChI=1S/C20H22ClFN5O7P/c1-20(29)16(28)14(33-19(20)27-9-26-15-17(23)24-8-25-18(15)27)7-32-35(30)31-5-4-13(34-35)10-2-3-11(21)12(22)6-10/h2-3,6,8-9,13-14,16,19,28-29H,4-5,7H2,1H3,(H2,23,24,25)/t13-,14+,16+,19+,20+,35+/m0/s1. The van der Waals surface area contributed by atoms with Crippen molar-refractivity contribution in [1.82, 2.24) is 19.5 Å². The molecule has 0 amide bonds. The number of ether oxygens (including phenoxy) is 1. The fourth-order valence-electron chi connectivity index (χ4n) is 4.10. The minimum Gasteiger partial charge on any atom is -0.387 e. The van der Waals surface area contributed by atoms with Gasteiger partial charge in [-0.15, -0.1) is 0 Å². The summed E-state index contributed by atoms with van der Waals surface area (Å²) in [5.74, 6) is -0.489. The molecule has 2 aliphatic heterocycles. The van der Waals surface area contributed by atoms with Gasteiger partial charge in [0.1, 0.15) is 35.5 Å². The number of phosphoric ester groups is 1. The van der Waals surface area contributed by atoms with E-state index in [1.165, 1.54) is 36.3 Å². The number of anilines is 1. The number of nitrogens with two attached hydrogens (primary N) is 1. The number of aliphatic hydroxyl groups is 2. The summed E-state index contributed by atoms with van der Waals surface area (Å²) in [4.78, 5) is 12.1. The van der Waals surface area contributed by atoms with Crippen molar-refractivity contribution in [1.29, 1.82) is 0 Å². The largest absolute Gasteiger partial charge is 0.475 e. The normalized spacial score (nSPS) is 33.4. The Morgan fingerprint density at radius 3 is 2.97 bits per heavy atom. The monoisotopic (exact) mass is 529 g/mol. The van der Waals surface area contributed by atoms with E-state index < -0.39 is 50.4 Å². The molecule has 35 heavy (non-hydrogen) atoms. The zero-order chi connectivity index (χ0) is 25.0. The van der Waals surface area contributed by atoms with Crippen molar-refractivity contribution in [2.24, 2.45) is 0 Å². The maximum Gasteiger partial charge on any atom is 0.475 e. The highest BCUT2D eigenvalue weighted by Crippen LogP contribution is 2.57. The number of rotatable bonds is 5. The number of nitrogen functional groups attached to an aromatic ring is 1. The van der Waals surface area contributed by atoms with Crippen LogP contribution in [0.25, 0.3) is 11.2 Å². The first-order valence-electron chi connectivity index (χ1n) is 10.6. The maximum atomic E-state index is 13.9. The van der Waals surface area contributed by atoms with E-state index in [1.807, 2.05) is 0 Å². The maximum absolute atomic E-state index is 13.9. The van der Waals surface area contributed by atoms with Crippen LogP contribution in [-0.2, 0) is 22.9 Å². The van der Waals surface area contributed by atoms with Gasteiger partial charge in [0.15, 0.2) is 17.7 Å². The zero-order valence-corrected chi connectivity index (χ0v) is 20.0. The number of fused-ring (bicyclic) bond motifs is 1. The lowest BCUT2D eigenvalue weighted by molar-refractivity contribution is -0.0953. The van der Waals surface area contributed by atoms with Gasteiger partial charge >= 0.3 is 7.82 Å². The molecule has 188 valence electrons. The molecule has 0 radical (unpaired) electrons. The van der Waals surface area contributed by atoms with Crippen LogP contribution in [0.3, 0.4) is 0 Å². The predicted molar refractivity (Wildman–Crippen MR) is 120 cm³/mol. The topological polar surface area (TPSA) is 164 Å². The number of aromatic nitrogens is 4. The number of benzene rings is 1. The molecule has 1 aromatic carbocycles. The van der Waals surface area contributed by atoms with Crippen LogP contribution >= 0.6 is 19.4 Å². The Morgan fingerprint density at radius 2 is 2.20 bits per heavy atom. The number of aliphatic hydroxyl groups excluding tert-OH is 1. The van der Waals surface area contributed by atoms with Crippen LogP contribution in [0.4, 0.5) is 10.2 Å². The van der Waals surface area contributed by atoms with E-state index in [4.69, 9.17) is 35.6 Å². The van der Waals surface area contributed by atoms with Gasteiger partial charge in [0, 0.05) is 6.42 Å². The van der Waals surface area contributed by atoms with Crippen molar-refractivity contribution in [3.63, 3.8) is 0 Å². The van der Waals surface area contributed by atoms with Gasteiger partial charge in [0.2, 0.25) is 0 Å². The Kier molecular flexibility index (Phi) is 6.31. The lowest BCUT2D eigenvalue weighted by Gasteiger charge is -2.30. The van der Waals surface area contributed by atoms with E-state index in [0.29, 0.717) is 23.1 Å². The third-order valence-corrected chi connectivity index (χ3v) is 7.78. The van der Waals surface area contributed by atoms with Gasteiger partial charge in [-0.2, -0.15) is 0 Å². The van der Waals surface area contributed by atoms with Crippen molar-refractivity contribution in [3.05, 3.63) is 47.3 Å². The van der Waals surface area contributed by atoms with Gasteiger partial charge < -0.3 is 20.7 Å². The molecule has 0 bridgehead atoms. The first kappa shape index (κ1) is 24.5. The van der Waals surface area contributed by atoms with E-state index in [2.05, 4.69) is 15.0 Å². The molecular weight excluding hydrogens is 508 g/mol. The van der Waals surface area contributed by atoms with Crippen LogP contribution in [-0.4, -0.2) is 60.8 Å². The fraction of sp³-hybridized carbons (Fsp3) is 0.450. The number of halogens is 2. The third-order valence-electron chi connectivity index (χ3n) is 5.99. The number of imidazole rings is 1. The number of hydrogen-bond donors (Lipinski definition) is 3. The highest BCUT2D eigenvalue weighted by molar-refractivity contribution is 7.48. The van der Waals surface area contributed by atoms with Gasteiger partial charge in [0.25, 0.3) is 0 Å². The average molecular weight is 530 g/mol. The minimum absolute atomic E-state index is 0.0305. The van der Waals surface area contributed by atoms with Crippen molar-refractivity contribution in [2.45, 2.75) is 43.5 Å². The van der Waals surface area contributed by atoms with Gasteiger partial charge in [-0.25, -0.2) is 23.9 Å². The predicted octanol–water partition coefficient (Wildman–Crippen LogP) is 2.51. The molecule has 0 aliphatic carbocycles. The minimum atomic E-state index is -4.09. The molecule has 3 aromatic rings. The van der Waals surface area contributed by atoms with Crippen LogP contribution in [0, 0.1) is 5.82 Å². The summed E-state index contributed by atoms with van der Waals surface area (Å²) < 4.78 is 50.4. The SMILES string of the molecule is C[C@@]1(O)[C@H](O)[C@@H](CO[P@@]2(=O)OCC[C@@H](c3ccc(Cl)c(F)c3)O2)O[C@H]1n1cnc2c(N)ncnc21.